The first kappa shape index (κ1) is 9.74. The van der Waals surface area contributed by atoms with Crippen LogP contribution in [0.25, 0.3) is 0 Å². The maximum atomic E-state index is 5.28. The molecular formula is C8H16INO. The van der Waals surface area contributed by atoms with Gasteiger partial charge in [-0.05, 0) is 6.42 Å². The maximum absolute atomic E-state index is 5.28. The predicted molar refractivity (Wildman–Crippen MR) is 55.3 cm³/mol. The topological polar surface area (TPSA) is 12.5 Å². The van der Waals surface area contributed by atoms with Crippen molar-refractivity contribution in [1.82, 2.24) is 4.90 Å². The van der Waals surface area contributed by atoms with Crippen molar-refractivity contribution < 1.29 is 4.74 Å². The summed E-state index contributed by atoms with van der Waals surface area (Å²) in [6.07, 6.45) is 1.70. The summed E-state index contributed by atoms with van der Waals surface area (Å²) in [6, 6.07) is 0. The van der Waals surface area contributed by atoms with Gasteiger partial charge in [-0.3, -0.25) is 4.90 Å². The van der Waals surface area contributed by atoms with E-state index in [0.717, 1.165) is 10.5 Å². The van der Waals surface area contributed by atoms with Gasteiger partial charge >= 0.3 is 0 Å². The van der Waals surface area contributed by atoms with Crippen molar-refractivity contribution in [3.8, 4) is 0 Å². The molecule has 66 valence electrons. The smallest absolute Gasteiger partial charge is 0.0710 e. The normalized spacial score (nSPS) is 29.2. The van der Waals surface area contributed by atoms with Crippen molar-refractivity contribution >= 4 is 22.6 Å². The molecule has 0 aliphatic carbocycles. The highest BCUT2D eigenvalue weighted by Gasteiger charge is 2.22. The van der Waals surface area contributed by atoms with Gasteiger partial charge in [0.25, 0.3) is 0 Å². The summed E-state index contributed by atoms with van der Waals surface area (Å²) in [4.78, 5) is 2.48. The molecule has 11 heavy (non-hydrogen) atoms. The molecular weight excluding hydrogens is 253 g/mol. The van der Waals surface area contributed by atoms with Gasteiger partial charge in [-0.15, -0.1) is 0 Å². The molecule has 1 aliphatic heterocycles. The van der Waals surface area contributed by atoms with Crippen LogP contribution in [0.2, 0.25) is 0 Å². The lowest BCUT2D eigenvalue weighted by Crippen LogP contribution is -2.27. The Hall–Kier alpha value is 0.650. The number of methoxy groups -OCH3 is 1. The summed E-state index contributed by atoms with van der Waals surface area (Å²) in [6.45, 7) is 5.80. The van der Waals surface area contributed by atoms with E-state index in [1.54, 1.807) is 0 Å². The summed E-state index contributed by atoms with van der Waals surface area (Å²) in [7, 11) is 1.81. The second-order valence-corrected chi connectivity index (χ2v) is 5.31. The van der Waals surface area contributed by atoms with Crippen LogP contribution < -0.4 is 0 Å². The molecule has 0 unspecified atom stereocenters. The minimum absolute atomic E-state index is 0.491. The monoisotopic (exact) mass is 269 g/mol. The molecule has 0 spiro atoms. The third-order valence-corrected chi connectivity index (χ3v) is 2.47. The summed E-state index contributed by atoms with van der Waals surface area (Å²) < 4.78 is 6.03. The van der Waals surface area contributed by atoms with E-state index in [-0.39, 0.29) is 0 Å². The van der Waals surface area contributed by atoms with Crippen LogP contribution in [0.5, 0.6) is 0 Å². The molecule has 0 aromatic carbocycles. The van der Waals surface area contributed by atoms with Gasteiger partial charge < -0.3 is 4.74 Å². The number of halogens is 1. The van der Waals surface area contributed by atoms with Crippen LogP contribution in [0.15, 0.2) is 0 Å². The summed E-state index contributed by atoms with van der Waals surface area (Å²) >= 11 is 2.47. The molecule has 1 saturated heterocycles. The van der Waals surface area contributed by atoms with Crippen molar-refractivity contribution in [3.05, 3.63) is 0 Å². The molecule has 3 heteroatoms. The van der Waals surface area contributed by atoms with Crippen molar-refractivity contribution in [2.45, 2.75) is 23.4 Å². The summed E-state index contributed by atoms with van der Waals surface area (Å²) in [5.41, 5.74) is 0. The molecule has 0 saturated carbocycles. The number of nitrogens with zero attached hydrogens (tertiary/aromatic N) is 1. The van der Waals surface area contributed by atoms with Gasteiger partial charge in [-0.2, -0.15) is 0 Å². The van der Waals surface area contributed by atoms with Crippen LogP contribution in [-0.2, 0) is 4.74 Å². The lowest BCUT2D eigenvalue weighted by molar-refractivity contribution is 0.108. The van der Waals surface area contributed by atoms with E-state index in [1.165, 1.54) is 19.5 Å². The average molecular weight is 269 g/mol. The number of likely N-dealkylation sites (tertiary alicyclic amines) is 1. The standard InChI is InChI=1S/C8H16INO/c1-7(9)5-10-4-3-8(6-10)11-2/h7-8H,3-6H2,1-2H3/t7-,8+/m1/s1. The van der Waals surface area contributed by atoms with Gasteiger partial charge in [-0.1, -0.05) is 29.5 Å². The van der Waals surface area contributed by atoms with Gasteiger partial charge in [0.2, 0.25) is 0 Å². The summed E-state index contributed by atoms with van der Waals surface area (Å²) in [5, 5.41) is 0. The largest absolute Gasteiger partial charge is 0.380 e. The van der Waals surface area contributed by atoms with E-state index in [2.05, 4.69) is 34.4 Å². The van der Waals surface area contributed by atoms with Crippen LogP contribution >= 0.6 is 22.6 Å². The Kier molecular flexibility index (Phi) is 4.09. The molecule has 1 rings (SSSR count). The number of alkyl halides is 1. The second-order valence-electron chi connectivity index (χ2n) is 3.19. The van der Waals surface area contributed by atoms with E-state index in [1.807, 2.05) is 7.11 Å². The van der Waals surface area contributed by atoms with Crippen LogP contribution in [0.1, 0.15) is 13.3 Å². The molecule has 0 aromatic heterocycles. The Labute approximate surface area is 82.4 Å². The fourth-order valence-corrected chi connectivity index (χ4v) is 2.07. The quantitative estimate of drug-likeness (QED) is 0.569. The zero-order valence-electron chi connectivity index (χ0n) is 7.22. The van der Waals surface area contributed by atoms with E-state index >= 15 is 0 Å². The first-order valence-corrected chi connectivity index (χ1v) is 5.36. The highest BCUT2D eigenvalue weighted by molar-refractivity contribution is 14.1. The summed E-state index contributed by atoms with van der Waals surface area (Å²) in [5.74, 6) is 0. The Bertz CT molecular complexity index is 119. The van der Waals surface area contributed by atoms with Crippen molar-refractivity contribution in [3.63, 3.8) is 0 Å². The average Bonchev–Trinajstić information content (AvgIpc) is 2.34. The molecule has 2 nitrogen and oxygen atoms in total. The van der Waals surface area contributed by atoms with Gasteiger partial charge in [-0.25, -0.2) is 0 Å². The van der Waals surface area contributed by atoms with E-state index in [0.29, 0.717) is 6.10 Å². The van der Waals surface area contributed by atoms with E-state index in [4.69, 9.17) is 4.74 Å². The molecule has 1 aliphatic rings. The minimum Gasteiger partial charge on any atom is -0.380 e. The lowest BCUT2D eigenvalue weighted by Gasteiger charge is -2.16. The minimum atomic E-state index is 0.491. The fraction of sp³-hybridized carbons (Fsp3) is 1.00. The highest BCUT2D eigenvalue weighted by atomic mass is 127. The number of hydrogen-bond acceptors (Lipinski definition) is 2. The highest BCUT2D eigenvalue weighted by Crippen LogP contribution is 2.13. The second kappa shape index (κ2) is 4.62. The van der Waals surface area contributed by atoms with Crippen LogP contribution in [0.4, 0.5) is 0 Å². The number of rotatable bonds is 3. The SMILES string of the molecule is CO[C@H]1CCN(C[C@@H](C)I)C1. The first-order valence-electron chi connectivity index (χ1n) is 4.11. The van der Waals surface area contributed by atoms with Crippen molar-refractivity contribution in [2.24, 2.45) is 0 Å². The van der Waals surface area contributed by atoms with Gasteiger partial charge in [0.05, 0.1) is 6.10 Å². The molecule has 0 bridgehead atoms. The zero-order valence-corrected chi connectivity index (χ0v) is 9.37. The first-order chi connectivity index (χ1) is 5.22. The zero-order chi connectivity index (χ0) is 8.27. The molecule has 0 amide bonds. The fourth-order valence-electron chi connectivity index (χ4n) is 1.51. The van der Waals surface area contributed by atoms with Crippen LogP contribution in [0.3, 0.4) is 0 Å². The maximum Gasteiger partial charge on any atom is 0.0710 e. The Morgan fingerprint density at radius 1 is 1.73 bits per heavy atom. The van der Waals surface area contributed by atoms with Crippen LogP contribution in [0, 0.1) is 0 Å². The molecule has 2 atom stereocenters. The van der Waals surface area contributed by atoms with Gasteiger partial charge in [0.1, 0.15) is 0 Å². The van der Waals surface area contributed by atoms with E-state index in [9.17, 15) is 0 Å². The third-order valence-electron chi connectivity index (χ3n) is 2.07. The van der Waals surface area contributed by atoms with Gasteiger partial charge in [0.15, 0.2) is 0 Å². The molecule has 1 fully saturated rings. The van der Waals surface area contributed by atoms with Gasteiger partial charge in [0, 0.05) is 30.7 Å². The predicted octanol–water partition coefficient (Wildman–Crippen LogP) is 1.53. The Balaban J connectivity index is 2.19. The lowest BCUT2D eigenvalue weighted by atomic mass is 10.3. The molecule has 1 heterocycles. The molecule has 0 radical (unpaired) electrons. The Morgan fingerprint density at radius 2 is 2.45 bits per heavy atom. The van der Waals surface area contributed by atoms with E-state index < -0.39 is 0 Å². The number of ether oxygens (including phenoxy) is 1. The van der Waals surface area contributed by atoms with Crippen molar-refractivity contribution in [2.75, 3.05) is 26.7 Å². The number of hydrogen-bond donors (Lipinski definition) is 0. The molecule has 0 aromatic rings. The van der Waals surface area contributed by atoms with Crippen molar-refractivity contribution in [1.29, 1.82) is 0 Å². The third kappa shape index (κ3) is 3.25. The molecule has 0 N–H and O–H groups in total. The Morgan fingerprint density at radius 3 is 2.91 bits per heavy atom. The van der Waals surface area contributed by atoms with Crippen LogP contribution in [-0.4, -0.2) is 41.7 Å².